The van der Waals surface area contributed by atoms with Gasteiger partial charge in [-0.2, -0.15) is 0 Å². The van der Waals surface area contributed by atoms with E-state index in [1.165, 1.54) is 53.6 Å². The summed E-state index contributed by atoms with van der Waals surface area (Å²) in [5.41, 5.74) is 16.9. The van der Waals surface area contributed by atoms with Crippen LogP contribution in [0.1, 0.15) is 22.3 Å². The Morgan fingerprint density at radius 1 is 0.375 bits per heavy atom. The van der Waals surface area contributed by atoms with Gasteiger partial charge in [0.2, 0.25) is 0 Å². The van der Waals surface area contributed by atoms with Crippen molar-refractivity contribution in [2.24, 2.45) is 0 Å². The zero-order valence-electron chi connectivity index (χ0n) is 34.8. The molecule has 0 N–H and O–H groups in total. The molecule has 0 amide bonds. The molecule has 13 rings (SSSR count). The first-order valence-electron chi connectivity index (χ1n) is 21.9. The molecule has 0 unspecified atom stereocenters. The first-order valence-corrected chi connectivity index (χ1v) is 22.7. The SMILES string of the molecule is c1ccc(-c2cccc3c2oc2ccc(-c4ccc(N(c5ccc6c(c5)C(c5ccccc5)(c5ccccc5)c5ccccc5-6)c5cccc6c5sc5ccccc56)cc4)cc23)cc1. The maximum atomic E-state index is 6.55. The van der Waals surface area contributed by atoms with Crippen LogP contribution in [0.3, 0.4) is 0 Å². The van der Waals surface area contributed by atoms with Crippen LogP contribution >= 0.6 is 11.3 Å². The van der Waals surface area contributed by atoms with Crippen molar-refractivity contribution in [3.05, 3.63) is 259 Å². The molecule has 0 spiro atoms. The predicted molar refractivity (Wildman–Crippen MR) is 269 cm³/mol. The smallest absolute Gasteiger partial charge is 0.143 e. The van der Waals surface area contributed by atoms with Gasteiger partial charge in [-0.15, -0.1) is 11.3 Å². The quantitative estimate of drug-likeness (QED) is 0.159. The maximum Gasteiger partial charge on any atom is 0.143 e. The number of anilines is 3. The summed E-state index contributed by atoms with van der Waals surface area (Å²) in [5, 5.41) is 4.80. The van der Waals surface area contributed by atoms with Gasteiger partial charge >= 0.3 is 0 Å². The standard InChI is InChI=1S/C61H39NOS/c1-4-16-41(17-5-1)47-24-14-25-51-53-38-42(32-37-57(53)63-59(47)51)40-30-33-45(34-31-40)62(56-28-15-26-52-50-23-11-13-29-58(50)64-60(52)56)46-35-36-49-48-22-10-12-27-54(48)61(55(49)39-46,43-18-6-2-7-19-43)44-20-8-3-9-21-44/h1-39H. The second kappa shape index (κ2) is 14.6. The number of rotatable bonds is 7. The van der Waals surface area contributed by atoms with Crippen molar-refractivity contribution in [1.82, 2.24) is 0 Å². The molecule has 64 heavy (non-hydrogen) atoms. The Labute approximate surface area is 375 Å². The van der Waals surface area contributed by atoms with E-state index in [0.717, 1.165) is 61.3 Å². The van der Waals surface area contributed by atoms with Crippen LogP contribution in [-0.2, 0) is 5.41 Å². The molecule has 1 aliphatic carbocycles. The lowest BCUT2D eigenvalue weighted by Crippen LogP contribution is -2.28. The highest BCUT2D eigenvalue weighted by molar-refractivity contribution is 7.26. The van der Waals surface area contributed by atoms with E-state index in [9.17, 15) is 0 Å². The molecule has 2 aromatic heterocycles. The number of para-hydroxylation sites is 1. The van der Waals surface area contributed by atoms with Crippen LogP contribution in [0.15, 0.2) is 241 Å². The zero-order chi connectivity index (χ0) is 42.2. The summed E-state index contributed by atoms with van der Waals surface area (Å²) in [6.45, 7) is 0. The van der Waals surface area contributed by atoms with E-state index < -0.39 is 5.41 Å². The van der Waals surface area contributed by atoms with Crippen LogP contribution in [0.5, 0.6) is 0 Å². The summed E-state index contributed by atoms with van der Waals surface area (Å²) in [5.74, 6) is 0. The average molecular weight is 834 g/mol. The van der Waals surface area contributed by atoms with Crippen molar-refractivity contribution >= 4 is 70.5 Å². The summed E-state index contributed by atoms with van der Waals surface area (Å²) >= 11 is 1.87. The van der Waals surface area contributed by atoms with Crippen molar-refractivity contribution in [2.45, 2.75) is 5.41 Å². The third-order valence-electron chi connectivity index (χ3n) is 13.4. The lowest BCUT2D eigenvalue weighted by molar-refractivity contribution is 0.670. The first kappa shape index (κ1) is 36.7. The molecular formula is C61H39NOS. The molecule has 0 fully saturated rings. The number of benzene rings is 10. The lowest BCUT2D eigenvalue weighted by Gasteiger charge is -2.35. The van der Waals surface area contributed by atoms with Gasteiger partial charge in [-0.25, -0.2) is 0 Å². The molecular weight excluding hydrogens is 795 g/mol. The van der Waals surface area contributed by atoms with Gasteiger partial charge in [0.15, 0.2) is 0 Å². The Morgan fingerprint density at radius 3 is 1.78 bits per heavy atom. The number of hydrogen-bond donors (Lipinski definition) is 0. The third-order valence-corrected chi connectivity index (χ3v) is 14.6. The average Bonchev–Trinajstić information content (AvgIpc) is 4.04. The molecule has 10 aromatic carbocycles. The Bertz CT molecular complexity index is 3680. The molecule has 1 aliphatic rings. The van der Waals surface area contributed by atoms with Gasteiger partial charge in [0.05, 0.1) is 15.8 Å². The molecule has 300 valence electrons. The Balaban J connectivity index is 0.996. The van der Waals surface area contributed by atoms with Crippen molar-refractivity contribution in [3.63, 3.8) is 0 Å². The maximum absolute atomic E-state index is 6.55. The summed E-state index contributed by atoms with van der Waals surface area (Å²) in [7, 11) is 0. The molecule has 2 heterocycles. The normalized spacial score (nSPS) is 12.8. The lowest BCUT2D eigenvalue weighted by atomic mass is 9.67. The molecule has 0 aliphatic heterocycles. The van der Waals surface area contributed by atoms with E-state index in [-0.39, 0.29) is 0 Å². The Hall–Kier alpha value is -7.98. The van der Waals surface area contributed by atoms with Crippen LogP contribution in [0.4, 0.5) is 17.1 Å². The number of furan rings is 1. The summed E-state index contributed by atoms with van der Waals surface area (Å²) in [6.07, 6.45) is 0. The number of thiophene rings is 1. The predicted octanol–water partition coefficient (Wildman–Crippen LogP) is 17.1. The van der Waals surface area contributed by atoms with Gasteiger partial charge in [-0.3, -0.25) is 0 Å². The van der Waals surface area contributed by atoms with Crippen molar-refractivity contribution < 1.29 is 4.42 Å². The van der Waals surface area contributed by atoms with E-state index in [1.54, 1.807) is 0 Å². The Morgan fingerprint density at radius 2 is 0.984 bits per heavy atom. The molecule has 3 heteroatoms. The number of fused-ring (bicyclic) bond motifs is 9. The molecule has 2 nitrogen and oxygen atoms in total. The monoisotopic (exact) mass is 833 g/mol. The minimum Gasteiger partial charge on any atom is -0.455 e. The minimum absolute atomic E-state index is 0.513. The van der Waals surface area contributed by atoms with Gasteiger partial charge in [-0.05, 0) is 98.6 Å². The van der Waals surface area contributed by atoms with Crippen LogP contribution in [-0.4, -0.2) is 0 Å². The molecule has 0 radical (unpaired) electrons. The molecule has 0 saturated heterocycles. The van der Waals surface area contributed by atoms with Crippen molar-refractivity contribution in [2.75, 3.05) is 4.90 Å². The van der Waals surface area contributed by atoms with Crippen LogP contribution in [0.25, 0.3) is 75.5 Å². The fourth-order valence-electron chi connectivity index (χ4n) is 10.5. The van der Waals surface area contributed by atoms with Gasteiger partial charge < -0.3 is 9.32 Å². The molecule has 0 bridgehead atoms. The molecule has 0 atom stereocenters. The van der Waals surface area contributed by atoms with Crippen LogP contribution in [0, 0.1) is 0 Å². The highest BCUT2D eigenvalue weighted by Gasteiger charge is 2.46. The number of nitrogens with zero attached hydrogens (tertiary/aromatic N) is 1. The van der Waals surface area contributed by atoms with Crippen molar-refractivity contribution in [3.8, 4) is 33.4 Å². The second-order valence-corrected chi connectivity index (χ2v) is 17.8. The van der Waals surface area contributed by atoms with E-state index in [0.29, 0.717) is 0 Å². The highest BCUT2D eigenvalue weighted by Crippen LogP contribution is 2.57. The third kappa shape index (κ3) is 5.51. The summed E-state index contributed by atoms with van der Waals surface area (Å²) in [4.78, 5) is 2.48. The minimum atomic E-state index is -0.513. The van der Waals surface area contributed by atoms with Gasteiger partial charge in [-0.1, -0.05) is 188 Å². The first-order chi connectivity index (χ1) is 31.7. The number of hydrogen-bond acceptors (Lipinski definition) is 3. The fraction of sp³-hybridized carbons (Fsp3) is 0.0164. The topological polar surface area (TPSA) is 16.4 Å². The zero-order valence-corrected chi connectivity index (χ0v) is 35.6. The van der Waals surface area contributed by atoms with Crippen LogP contribution < -0.4 is 4.90 Å². The van der Waals surface area contributed by atoms with E-state index in [2.05, 4.69) is 241 Å². The van der Waals surface area contributed by atoms with E-state index in [1.807, 2.05) is 11.3 Å². The van der Waals surface area contributed by atoms with E-state index >= 15 is 0 Å². The van der Waals surface area contributed by atoms with E-state index in [4.69, 9.17) is 4.42 Å². The van der Waals surface area contributed by atoms with Crippen LogP contribution in [0.2, 0.25) is 0 Å². The molecule has 0 saturated carbocycles. The van der Waals surface area contributed by atoms with Crippen molar-refractivity contribution in [1.29, 1.82) is 0 Å². The largest absolute Gasteiger partial charge is 0.455 e. The summed E-state index contributed by atoms with van der Waals surface area (Å²) < 4.78 is 9.10. The van der Waals surface area contributed by atoms with Gasteiger partial charge in [0, 0.05) is 43.2 Å². The highest BCUT2D eigenvalue weighted by atomic mass is 32.1. The molecule has 12 aromatic rings. The van der Waals surface area contributed by atoms with Gasteiger partial charge in [0.25, 0.3) is 0 Å². The second-order valence-electron chi connectivity index (χ2n) is 16.8. The Kier molecular flexibility index (Phi) is 8.34. The van der Waals surface area contributed by atoms with Gasteiger partial charge in [0.1, 0.15) is 11.2 Å². The summed E-state index contributed by atoms with van der Waals surface area (Å²) in [6, 6.07) is 86.5. The fourth-order valence-corrected chi connectivity index (χ4v) is 11.7.